The van der Waals surface area contributed by atoms with Gasteiger partial charge in [-0.1, -0.05) is 18.2 Å². The minimum Gasteiger partial charge on any atom is -0.368 e. The SMILES string of the molecule is N#C/C=C(\c1ccc(F)cc1)N1CCN(c2ccccc2)CC1. The minimum absolute atomic E-state index is 0.265. The van der Waals surface area contributed by atoms with E-state index in [9.17, 15) is 4.39 Å². The second-order valence-electron chi connectivity index (χ2n) is 5.48. The van der Waals surface area contributed by atoms with Crippen LogP contribution in [-0.2, 0) is 0 Å². The minimum atomic E-state index is -0.265. The van der Waals surface area contributed by atoms with Crippen molar-refractivity contribution in [3.63, 3.8) is 0 Å². The van der Waals surface area contributed by atoms with Gasteiger partial charge in [0.1, 0.15) is 5.82 Å². The van der Waals surface area contributed by atoms with Crippen molar-refractivity contribution < 1.29 is 4.39 Å². The second kappa shape index (κ2) is 6.97. The van der Waals surface area contributed by atoms with Crippen LogP contribution in [-0.4, -0.2) is 31.1 Å². The van der Waals surface area contributed by atoms with Crippen LogP contribution in [0.4, 0.5) is 10.1 Å². The lowest BCUT2D eigenvalue weighted by Crippen LogP contribution is -2.45. The van der Waals surface area contributed by atoms with Crippen molar-refractivity contribution in [3.05, 3.63) is 72.1 Å². The number of benzene rings is 2. The number of nitriles is 1. The number of allylic oxidation sites excluding steroid dienone is 1. The average molecular weight is 307 g/mol. The van der Waals surface area contributed by atoms with Crippen molar-refractivity contribution in [2.24, 2.45) is 0 Å². The van der Waals surface area contributed by atoms with E-state index in [0.29, 0.717) is 0 Å². The summed E-state index contributed by atoms with van der Waals surface area (Å²) in [6, 6.07) is 18.7. The van der Waals surface area contributed by atoms with Gasteiger partial charge in [-0.2, -0.15) is 5.26 Å². The van der Waals surface area contributed by atoms with Gasteiger partial charge < -0.3 is 9.80 Å². The molecule has 0 spiro atoms. The fraction of sp³-hybridized carbons (Fsp3) is 0.211. The maximum absolute atomic E-state index is 13.1. The fourth-order valence-electron chi connectivity index (χ4n) is 2.88. The Kier molecular flexibility index (Phi) is 4.58. The average Bonchev–Trinajstić information content (AvgIpc) is 2.62. The Balaban J connectivity index is 1.73. The Bertz CT molecular complexity index is 709. The molecule has 2 aromatic rings. The fourth-order valence-corrected chi connectivity index (χ4v) is 2.88. The van der Waals surface area contributed by atoms with Crippen LogP contribution >= 0.6 is 0 Å². The molecule has 3 nitrogen and oxygen atoms in total. The predicted molar refractivity (Wildman–Crippen MR) is 90.2 cm³/mol. The molecule has 1 fully saturated rings. The first kappa shape index (κ1) is 15.1. The summed E-state index contributed by atoms with van der Waals surface area (Å²) in [5, 5.41) is 9.08. The van der Waals surface area contributed by atoms with E-state index in [4.69, 9.17) is 5.26 Å². The highest BCUT2D eigenvalue weighted by atomic mass is 19.1. The van der Waals surface area contributed by atoms with Gasteiger partial charge in [0, 0.05) is 37.9 Å². The van der Waals surface area contributed by atoms with E-state index in [0.717, 1.165) is 37.4 Å². The highest BCUT2D eigenvalue weighted by Crippen LogP contribution is 2.23. The number of halogens is 1. The Labute approximate surface area is 135 Å². The normalized spacial score (nSPS) is 15.4. The smallest absolute Gasteiger partial charge is 0.123 e. The zero-order chi connectivity index (χ0) is 16.1. The van der Waals surface area contributed by atoms with Gasteiger partial charge in [-0.25, -0.2) is 4.39 Å². The quantitative estimate of drug-likeness (QED) is 0.813. The zero-order valence-electron chi connectivity index (χ0n) is 12.8. The van der Waals surface area contributed by atoms with Gasteiger partial charge in [0.2, 0.25) is 0 Å². The summed E-state index contributed by atoms with van der Waals surface area (Å²) in [6.45, 7) is 3.46. The van der Waals surface area contributed by atoms with Crippen molar-refractivity contribution in [2.75, 3.05) is 31.1 Å². The molecule has 116 valence electrons. The Morgan fingerprint density at radius 2 is 1.61 bits per heavy atom. The summed E-state index contributed by atoms with van der Waals surface area (Å²) in [5.41, 5.74) is 2.96. The van der Waals surface area contributed by atoms with Gasteiger partial charge in [-0.15, -0.1) is 0 Å². The van der Waals surface area contributed by atoms with E-state index in [1.54, 1.807) is 18.2 Å². The lowest BCUT2D eigenvalue weighted by Gasteiger charge is -2.38. The van der Waals surface area contributed by atoms with Crippen molar-refractivity contribution in [3.8, 4) is 6.07 Å². The summed E-state index contributed by atoms with van der Waals surface area (Å²) in [5.74, 6) is -0.265. The molecule has 1 heterocycles. The van der Waals surface area contributed by atoms with Gasteiger partial charge in [0.15, 0.2) is 0 Å². The first-order chi connectivity index (χ1) is 11.3. The van der Waals surface area contributed by atoms with Gasteiger partial charge in [-0.05, 0) is 42.0 Å². The van der Waals surface area contributed by atoms with Crippen molar-refractivity contribution in [2.45, 2.75) is 0 Å². The number of hydrogen-bond donors (Lipinski definition) is 0. The number of nitrogens with zero attached hydrogens (tertiary/aromatic N) is 3. The number of hydrogen-bond acceptors (Lipinski definition) is 3. The second-order valence-corrected chi connectivity index (χ2v) is 5.48. The van der Waals surface area contributed by atoms with Crippen LogP contribution in [0, 0.1) is 17.1 Å². The molecule has 23 heavy (non-hydrogen) atoms. The van der Waals surface area contributed by atoms with E-state index < -0.39 is 0 Å². The molecule has 1 aliphatic rings. The molecule has 1 saturated heterocycles. The molecule has 0 amide bonds. The van der Waals surface area contributed by atoms with Crippen LogP contribution in [0.5, 0.6) is 0 Å². The summed E-state index contributed by atoms with van der Waals surface area (Å²) in [7, 11) is 0. The number of anilines is 1. The third kappa shape index (κ3) is 3.51. The zero-order valence-corrected chi connectivity index (χ0v) is 12.8. The molecule has 2 aromatic carbocycles. The van der Waals surface area contributed by atoms with Crippen LogP contribution < -0.4 is 4.90 Å². The lowest BCUT2D eigenvalue weighted by atomic mass is 10.1. The summed E-state index contributed by atoms with van der Waals surface area (Å²) < 4.78 is 13.1. The Morgan fingerprint density at radius 3 is 2.22 bits per heavy atom. The standard InChI is InChI=1S/C19H18FN3/c20-17-8-6-16(7-9-17)19(10-11-21)23-14-12-22(13-15-23)18-4-2-1-3-5-18/h1-10H,12-15H2/b19-10+. The molecule has 3 rings (SSSR count). The predicted octanol–water partition coefficient (Wildman–Crippen LogP) is 3.51. The van der Waals surface area contributed by atoms with Crippen molar-refractivity contribution >= 4 is 11.4 Å². The van der Waals surface area contributed by atoms with Gasteiger partial charge in [-0.3, -0.25) is 0 Å². The molecule has 0 saturated carbocycles. The molecule has 0 unspecified atom stereocenters. The molecule has 0 atom stereocenters. The van der Waals surface area contributed by atoms with E-state index in [2.05, 4.69) is 28.0 Å². The number of piperazine rings is 1. The molecule has 0 N–H and O–H groups in total. The highest BCUT2D eigenvalue weighted by Gasteiger charge is 2.20. The van der Waals surface area contributed by atoms with Crippen LogP contribution in [0.2, 0.25) is 0 Å². The maximum Gasteiger partial charge on any atom is 0.123 e. The van der Waals surface area contributed by atoms with Crippen molar-refractivity contribution in [1.29, 1.82) is 5.26 Å². The van der Waals surface area contributed by atoms with E-state index in [1.807, 2.05) is 18.2 Å². The molecule has 0 bridgehead atoms. The first-order valence-corrected chi connectivity index (χ1v) is 7.68. The van der Waals surface area contributed by atoms with Crippen molar-refractivity contribution in [1.82, 2.24) is 4.90 Å². The number of para-hydroxylation sites is 1. The molecule has 0 radical (unpaired) electrons. The molecule has 4 heteroatoms. The first-order valence-electron chi connectivity index (χ1n) is 7.68. The van der Waals surface area contributed by atoms with Gasteiger partial charge in [0.05, 0.1) is 11.8 Å². The Morgan fingerprint density at radius 1 is 0.957 bits per heavy atom. The van der Waals surface area contributed by atoms with E-state index in [1.165, 1.54) is 17.8 Å². The van der Waals surface area contributed by atoms with E-state index in [-0.39, 0.29) is 5.82 Å². The van der Waals surface area contributed by atoms with Crippen LogP contribution in [0.1, 0.15) is 5.56 Å². The molecule has 1 aliphatic heterocycles. The molecule has 0 aromatic heterocycles. The molecule has 0 aliphatic carbocycles. The summed E-state index contributed by atoms with van der Waals surface area (Å²) in [4.78, 5) is 4.53. The molecular weight excluding hydrogens is 289 g/mol. The monoisotopic (exact) mass is 307 g/mol. The third-order valence-electron chi connectivity index (χ3n) is 4.08. The summed E-state index contributed by atoms with van der Waals surface area (Å²) >= 11 is 0. The third-order valence-corrected chi connectivity index (χ3v) is 4.08. The van der Waals surface area contributed by atoms with Crippen LogP contribution in [0.15, 0.2) is 60.7 Å². The van der Waals surface area contributed by atoms with Crippen LogP contribution in [0.25, 0.3) is 5.70 Å². The largest absolute Gasteiger partial charge is 0.368 e. The summed E-state index contributed by atoms with van der Waals surface area (Å²) in [6.07, 6.45) is 1.55. The van der Waals surface area contributed by atoms with Gasteiger partial charge in [0.25, 0.3) is 0 Å². The maximum atomic E-state index is 13.1. The Hall–Kier alpha value is -2.80. The molecular formula is C19H18FN3. The topological polar surface area (TPSA) is 30.3 Å². The number of rotatable bonds is 3. The lowest BCUT2D eigenvalue weighted by molar-refractivity contribution is 0.367. The van der Waals surface area contributed by atoms with Crippen LogP contribution in [0.3, 0.4) is 0 Å². The van der Waals surface area contributed by atoms with E-state index >= 15 is 0 Å². The highest BCUT2D eigenvalue weighted by molar-refractivity contribution is 5.66. The van der Waals surface area contributed by atoms with Gasteiger partial charge >= 0.3 is 0 Å².